The van der Waals surface area contributed by atoms with Gasteiger partial charge in [0.15, 0.2) is 0 Å². The Kier molecular flexibility index (Phi) is 4.49. The predicted molar refractivity (Wildman–Crippen MR) is 96.4 cm³/mol. The first-order valence-electron chi connectivity index (χ1n) is 8.89. The molecule has 1 saturated heterocycles. The van der Waals surface area contributed by atoms with Gasteiger partial charge in [0.05, 0.1) is 24.4 Å². The van der Waals surface area contributed by atoms with Crippen LogP contribution >= 0.6 is 0 Å². The van der Waals surface area contributed by atoms with Crippen LogP contribution < -0.4 is 16.0 Å². The maximum atomic E-state index is 6.03. The molecule has 0 spiro atoms. The summed E-state index contributed by atoms with van der Waals surface area (Å²) in [6.45, 7) is 3.40. The van der Waals surface area contributed by atoms with Crippen LogP contribution in [0.25, 0.3) is 11.0 Å². The minimum absolute atomic E-state index is 0.360. The summed E-state index contributed by atoms with van der Waals surface area (Å²) in [6, 6.07) is 5.18. The van der Waals surface area contributed by atoms with Gasteiger partial charge in [-0.2, -0.15) is 0 Å². The summed E-state index contributed by atoms with van der Waals surface area (Å²) >= 11 is 0. The standard InChI is InChI=1S/C18H25N5O/c19-13-1-3-14(4-2-13)22-17-12-15(23-7-9-24-10-8-23)11-16-18(17)21-6-5-20-16/h5-6,11-14,22H,1-4,7-10,19H2/t13-,14+. The minimum Gasteiger partial charge on any atom is -0.380 e. The van der Waals surface area contributed by atoms with Gasteiger partial charge in [-0.1, -0.05) is 0 Å². The molecule has 3 N–H and O–H groups in total. The first-order chi connectivity index (χ1) is 11.8. The number of nitrogens with two attached hydrogens (primary N) is 1. The lowest BCUT2D eigenvalue weighted by Crippen LogP contribution is -2.36. The van der Waals surface area contributed by atoms with E-state index >= 15 is 0 Å². The number of nitrogens with zero attached hydrogens (tertiary/aromatic N) is 3. The number of benzene rings is 1. The Bertz CT molecular complexity index is 693. The molecule has 1 aliphatic heterocycles. The Morgan fingerprint density at radius 2 is 1.79 bits per heavy atom. The Morgan fingerprint density at radius 3 is 2.58 bits per heavy atom. The highest BCUT2D eigenvalue weighted by Crippen LogP contribution is 2.30. The van der Waals surface area contributed by atoms with Crippen molar-refractivity contribution in [2.24, 2.45) is 5.73 Å². The maximum Gasteiger partial charge on any atom is 0.112 e. The summed E-state index contributed by atoms with van der Waals surface area (Å²) < 4.78 is 5.47. The van der Waals surface area contributed by atoms with E-state index in [0.29, 0.717) is 12.1 Å². The molecular formula is C18H25N5O. The van der Waals surface area contributed by atoms with E-state index < -0.39 is 0 Å². The summed E-state index contributed by atoms with van der Waals surface area (Å²) in [5.41, 5.74) is 10.2. The molecule has 1 aromatic heterocycles. The zero-order valence-electron chi connectivity index (χ0n) is 13.9. The molecular weight excluding hydrogens is 302 g/mol. The molecule has 24 heavy (non-hydrogen) atoms. The van der Waals surface area contributed by atoms with Crippen LogP contribution in [0.1, 0.15) is 25.7 Å². The molecule has 6 heteroatoms. The van der Waals surface area contributed by atoms with Crippen LogP contribution in [-0.2, 0) is 4.74 Å². The number of rotatable bonds is 3. The molecule has 0 bridgehead atoms. The fraction of sp³-hybridized carbons (Fsp3) is 0.556. The van der Waals surface area contributed by atoms with E-state index in [2.05, 4.69) is 32.3 Å². The van der Waals surface area contributed by atoms with Gasteiger partial charge in [0.25, 0.3) is 0 Å². The second kappa shape index (κ2) is 6.91. The maximum absolute atomic E-state index is 6.03. The molecule has 2 aromatic rings. The van der Waals surface area contributed by atoms with Crippen molar-refractivity contribution >= 4 is 22.4 Å². The topological polar surface area (TPSA) is 76.3 Å². The summed E-state index contributed by atoms with van der Waals surface area (Å²) in [6.07, 6.45) is 7.93. The van der Waals surface area contributed by atoms with E-state index in [4.69, 9.17) is 10.5 Å². The highest BCUT2D eigenvalue weighted by molar-refractivity contribution is 5.91. The lowest BCUT2D eigenvalue weighted by atomic mass is 9.91. The highest BCUT2D eigenvalue weighted by atomic mass is 16.5. The summed E-state index contributed by atoms with van der Waals surface area (Å²) in [4.78, 5) is 11.4. The van der Waals surface area contributed by atoms with Crippen molar-refractivity contribution in [1.82, 2.24) is 9.97 Å². The average Bonchev–Trinajstić information content (AvgIpc) is 2.64. The van der Waals surface area contributed by atoms with E-state index in [9.17, 15) is 0 Å². The van der Waals surface area contributed by atoms with Gasteiger partial charge >= 0.3 is 0 Å². The quantitative estimate of drug-likeness (QED) is 0.899. The Balaban J connectivity index is 1.64. The van der Waals surface area contributed by atoms with Gasteiger partial charge in [-0.25, -0.2) is 0 Å². The van der Waals surface area contributed by atoms with E-state index in [1.165, 1.54) is 5.69 Å². The van der Waals surface area contributed by atoms with Gasteiger partial charge in [-0.05, 0) is 37.8 Å². The molecule has 6 nitrogen and oxygen atoms in total. The van der Waals surface area contributed by atoms with E-state index in [1.54, 1.807) is 12.4 Å². The van der Waals surface area contributed by atoms with E-state index in [1.807, 2.05) is 0 Å². The van der Waals surface area contributed by atoms with Crippen LogP contribution in [0.15, 0.2) is 24.5 Å². The third-order valence-electron chi connectivity index (χ3n) is 5.07. The third kappa shape index (κ3) is 3.30. The first-order valence-corrected chi connectivity index (χ1v) is 8.89. The van der Waals surface area contributed by atoms with Gasteiger partial charge in [0.1, 0.15) is 5.52 Å². The lowest BCUT2D eigenvalue weighted by Gasteiger charge is -2.31. The Labute approximate surface area is 142 Å². The number of aromatic nitrogens is 2. The van der Waals surface area contributed by atoms with Crippen LogP contribution in [-0.4, -0.2) is 48.4 Å². The molecule has 0 unspecified atom stereocenters. The van der Waals surface area contributed by atoms with Crippen LogP contribution in [0.4, 0.5) is 11.4 Å². The largest absolute Gasteiger partial charge is 0.380 e. The molecule has 2 fully saturated rings. The second-order valence-electron chi connectivity index (χ2n) is 6.77. The molecule has 0 amide bonds. The summed E-state index contributed by atoms with van der Waals surface area (Å²) in [5, 5.41) is 3.71. The average molecular weight is 327 g/mol. The van der Waals surface area contributed by atoms with Crippen LogP contribution in [0, 0.1) is 0 Å². The van der Waals surface area contributed by atoms with Crippen molar-refractivity contribution in [3.63, 3.8) is 0 Å². The van der Waals surface area contributed by atoms with Gasteiger partial charge in [0, 0.05) is 43.3 Å². The molecule has 1 aromatic carbocycles. The molecule has 128 valence electrons. The van der Waals surface area contributed by atoms with Gasteiger partial charge in [0.2, 0.25) is 0 Å². The number of nitrogens with one attached hydrogen (secondary N) is 1. The molecule has 1 aliphatic carbocycles. The van der Waals surface area contributed by atoms with Gasteiger partial charge in [-0.15, -0.1) is 0 Å². The van der Waals surface area contributed by atoms with Crippen molar-refractivity contribution in [3.05, 3.63) is 24.5 Å². The Hall–Kier alpha value is -1.92. The number of anilines is 2. The van der Waals surface area contributed by atoms with Gasteiger partial charge < -0.3 is 20.7 Å². The number of hydrogen-bond donors (Lipinski definition) is 2. The SMILES string of the molecule is N[C@H]1CC[C@@H](Nc2cc(N3CCOCC3)cc3nccnc23)CC1. The highest BCUT2D eigenvalue weighted by Gasteiger charge is 2.20. The molecule has 2 aliphatic rings. The van der Waals surface area contributed by atoms with Crippen molar-refractivity contribution in [3.8, 4) is 0 Å². The normalized spacial score (nSPS) is 25.0. The fourth-order valence-electron chi connectivity index (χ4n) is 3.66. The summed E-state index contributed by atoms with van der Waals surface area (Å²) in [5.74, 6) is 0. The minimum atomic E-state index is 0.360. The first kappa shape index (κ1) is 15.6. The molecule has 4 rings (SSSR count). The summed E-state index contributed by atoms with van der Waals surface area (Å²) in [7, 11) is 0. The van der Waals surface area contributed by atoms with Crippen LogP contribution in [0.3, 0.4) is 0 Å². The molecule has 0 radical (unpaired) electrons. The number of morpholine rings is 1. The lowest BCUT2D eigenvalue weighted by molar-refractivity contribution is 0.122. The Morgan fingerprint density at radius 1 is 1.04 bits per heavy atom. The van der Waals surface area contributed by atoms with Crippen molar-refractivity contribution in [1.29, 1.82) is 0 Å². The van der Waals surface area contributed by atoms with Gasteiger partial charge in [-0.3, -0.25) is 9.97 Å². The molecule has 2 heterocycles. The number of fused-ring (bicyclic) bond motifs is 1. The fourth-order valence-corrected chi connectivity index (χ4v) is 3.66. The van der Waals surface area contributed by atoms with Crippen molar-refractivity contribution < 1.29 is 4.74 Å². The zero-order chi connectivity index (χ0) is 16.4. The van der Waals surface area contributed by atoms with Crippen LogP contribution in [0.5, 0.6) is 0 Å². The predicted octanol–water partition coefficient (Wildman–Crippen LogP) is 2.15. The van der Waals surface area contributed by atoms with Crippen LogP contribution in [0.2, 0.25) is 0 Å². The smallest absolute Gasteiger partial charge is 0.112 e. The number of ether oxygens (including phenoxy) is 1. The monoisotopic (exact) mass is 327 g/mol. The second-order valence-corrected chi connectivity index (χ2v) is 6.77. The molecule has 1 saturated carbocycles. The number of hydrogen-bond acceptors (Lipinski definition) is 6. The van der Waals surface area contributed by atoms with Crippen molar-refractivity contribution in [2.75, 3.05) is 36.5 Å². The van der Waals surface area contributed by atoms with E-state index in [0.717, 1.165) is 68.7 Å². The van der Waals surface area contributed by atoms with Crippen molar-refractivity contribution in [2.45, 2.75) is 37.8 Å². The molecule has 0 atom stereocenters. The third-order valence-corrected chi connectivity index (χ3v) is 5.07. The van der Waals surface area contributed by atoms with E-state index in [-0.39, 0.29) is 0 Å². The zero-order valence-corrected chi connectivity index (χ0v) is 13.9.